The average molecular weight is 190 g/mol. The van der Waals surface area contributed by atoms with Crippen molar-refractivity contribution in [1.29, 1.82) is 0 Å². The summed E-state index contributed by atoms with van der Waals surface area (Å²) in [5.41, 5.74) is 0. The quantitative estimate of drug-likeness (QED) is 0.513. The highest BCUT2D eigenvalue weighted by Gasteiger charge is 1.98. The Hall–Kier alpha value is -0.350. The molecular weight excluding hydrogens is 172 g/mol. The maximum absolute atomic E-state index is 5.10. The second-order valence-corrected chi connectivity index (χ2v) is 2.98. The average Bonchev–Trinajstić information content (AvgIpc) is 2.10. The Morgan fingerprint density at radius 3 is 2.75 bits per heavy atom. The summed E-state index contributed by atoms with van der Waals surface area (Å²) in [5, 5.41) is 3.96. The molecule has 0 aliphatic carbocycles. The topological polar surface area (TPSA) is 24.5 Å². The van der Waals surface area contributed by atoms with Gasteiger partial charge >= 0.3 is 0 Å². The molecule has 0 saturated carbocycles. The number of ether oxygens (including phenoxy) is 1. The van der Waals surface area contributed by atoms with Crippen molar-refractivity contribution in [1.82, 2.24) is 10.2 Å². The van der Waals surface area contributed by atoms with E-state index in [-0.39, 0.29) is 0 Å². The van der Waals surface area contributed by atoms with Crippen molar-refractivity contribution < 1.29 is 4.74 Å². The summed E-state index contributed by atoms with van der Waals surface area (Å²) in [4.78, 5) is 2.00. The zero-order valence-electron chi connectivity index (χ0n) is 8.09. The molecule has 0 atom stereocenters. The van der Waals surface area contributed by atoms with Crippen molar-refractivity contribution in [2.45, 2.75) is 13.3 Å². The van der Waals surface area contributed by atoms with Gasteiger partial charge in [0, 0.05) is 33.9 Å². The fourth-order valence-electron chi connectivity index (χ4n) is 0.690. The Morgan fingerprint density at radius 1 is 1.58 bits per heavy atom. The van der Waals surface area contributed by atoms with Crippen LogP contribution in [0.25, 0.3) is 0 Å². The van der Waals surface area contributed by atoms with Crippen LogP contribution in [0.5, 0.6) is 0 Å². The predicted octanol–water partition coefficient (Wildman–Crippen LogP) is 0.849. The number of methoxy groups -OCH3 is 1. The molecule has 0 saturated heterocycles. The van der Waals surface area contributed by atoms with Crippen LogP contribution in [0.2, 0.25) is 0 Å². The molecule has 0 rings (SSSR count). The Morgan fingerprint density at radius 2 is 2.25 bits per heavy atom. The number of nitrogens with one attached hydrogen (secondary N) is 1. The molecule has 0 aromatic heterocycles. The Balaban J connectivity index is 3.31. The standard InChI is InChI=1S/C8H18N2OS/c1-4-10(2)8(12)9-6-5-7-11-3/h4-7H2,1-3H3,(H,9,12). The Kier molecular flexibility index (Phi) is 7.09. The summed E-state index contributed by atoms with van der Waals surface area (Å²) in [6.07, 6.45) is 0.994. The minimum atomic E-state index is 0.783. The predicted molar refractivity (Wildman–Crippen MR) is 55.4 cm³/mol. The molecule has 0 bridgehead atoms. The molecule has 0 heterocycles. The van der Waals surface area contributed by atoms with Crippen LogP contribution in [-0.4, -0.2) is 43.9 Å². The van der Waals surface area contributed by atoms with E-state index in [1.807, 2.05) is 11.9 Å². The lowest BCUT2D eigenvalue weighted by molar-refractivity contribution is 0.195. The summed E-state index contributed by atoms with van der Waals surface area (Å²) in [6, 6.07) is 0. The highest BCUT2D eigenvalue weighted by atomic mass is 32.1. The van der Waals surface area contributed by atoms with Gasteiger partial charge in [-0.1, -0.05) is 0 Å². The molecule has 0 unspecified atom stereocenters. The summed E-state index contributed by atoms with van der Waals surface area (Å²) in [7, 11) is 3.68. The Bertz CT molecular complexity index is 130. The highest BCUT2D eigenvalue weighted by Crippen LogP contribution is 1.84. The molecule has 0 amide bonds. The highest BCUT2D eigenvalue weighted by molar-refractivity contribution is 7.80. The third-order valence-electron chi connectivity index (χ3n) is 1.62. The van der Waals surface area contributed by atoms with Crippen LogP contribution in [0.4, 0.5) is 0 Å². The van der Waals surface area contributed by atoms with Crippen LogP contribution >= 0.6 is 12.2 Å². The summed E-state index contributed by atoms with van der Waals surface area (Å²) in [6.45, 7) is 4.68. The van der Waals surface area contributed by atoms with Crippen molar-refractivity contribution in [3.05, 3.63) is 0 Å². The minimum Gasteiger partial charge on any atom is -0.385 e. The van der Waals surface area contributed by atoms with Gasteiger partial charge in [-0.05, 0) is 25.6 Å². The lowest BCUT2D eigenvalue weighted by Gasteiger charge is -2.18. The van der Waals surface area contributed by atoms with E-state index in [2.05, 4.69) is 12.2 Å². The molecule has 0 spiro atoms. The maximum atomic E-state index is 5.10. The number of hydrogen-bond donors (Lipinski definition) is 1. The molecular formula is C8H18N2OS. The van der Waals surface area contributed by atoms with E-state index in [0.717, 1.165) is 31.2 Å². The molecule has 0 aliphatic rings. The van der Waals surface area contributed by atoms with Gasteiger partial charge in [0.15, 0.2) is 5.11 Å². The SMILES string of the molecule is CCN(C)C(=S)NCCCOC. The van der Waals surface area contributed by atoms with Gasteiger partial charge in [-0.15, -0.1) is 0 Å². The molecule has 72 valence electrons. The minimum absolute atomic E-state index is 0.783. The fraction of sp³-hybridized carbons (Fsp3) is 0.875. The van der Waals surface area contributed by atoms with Gasteiger partial charge in [0.25, 0.3) is 0 Å². The van der Waals surface area contributed by atoms with E-state index in [0.29, 0.717) is 0 Å². The molecule has 0 aromatic carbocycles. The van der Waals surface area contributed by atoms with Gasteiger partial charge in [-0.2, -0.15) is 0 Å². The van der Waals surface area contributed by atoms with Gasteiger partial charge in [-0.3, -0.25) is 0 Å². The monoisotopic (exact) mass is 190 g/mol. The first kappa shape index (κ1) is 11.6. The van der Waals surface area contributed by atoms with Crippen molar-refractivity contribution >= 4 is 17.3 Å². The van der Waals surface area contributed by atoms with Gasteiger partial charge in [0.05, 0.1) is 0 Å². The lowest BCUT2D eigenvalue weighted by Crippen LogP contribution is -2.37. The zero-order valence-corrected chi connectivity index (χ0v) is 8.91. The summed E-state index contributed by atoms with van der Waals surface area (Å²) < 4.78 is 4.91. The first-order chi connectivity index (χ1) is 5.72. The fourth-order valence-corrected chi connectivity index (χ4v) is 0.922. The Labute approximate surface area is 80.1 Å². The van der Waals surface area contributed by atoms with Gasteiger partial charge in [0.1, 0.15) is 0 Å². The number of nitrogens with zero attached hydrogens (tertiary/aromatic N) is 1. The molecule has 4 heteroatoms. The van der Waals surface area contributed by atoms with Crippen LogP contribution in [0.1, 0.15) is 13.3 Å². The van der Waals surface area contributed by atoms with Crippen LogP contribution in [-0.2, 0) is 4.74 Å². The van der Waals surface area contributed by atoms with E-state index in [4.69, 9.17) is 17.0 Å². The summed E-state index contributed by atoms with van der Waals surface area (Å²) >= 11 is 5.10. The third-order valence-corrected chi connectivity index (χ3v) is 2.08. The second kappa shape index (κ2) is 7.31. The van der Waals surface area contributed by atoms with Crippen molar-refractivity contribution in [2.75, 3.05) is 33.9 Å². The van der Waals surface area contributed by atoms with Crippen LogP contribution in [0.3, 0.4) is 0 Å². The maximum Gasteiger partial charge on any atom is 0.168 e. The van der Waals surface area contributed by atoms with E-state index >= 15 is 0 Å². The molecule has 12 heavy (non-hydrogen) atoms. The van der Waals surface area contributed by atoms with Gasteiger partial charge < -0.3 is 15.0 Å². The number of thiocarbonyl (C=S) groups is 1. The molecule has 0 radical (unpaired) electrons. The molecule has 1 N–H and O–H groups in total. The van der Waals surface area contributed by atoms with Crippen molar-refractivity contribution in [3.8, 4) is 0 Å². The van der Waals surface area contributed by atoms with E-state index in [1.165, 1.54) is 0 Å². The van der Waals surface area contributed by atoms with E-state index < -0.39 is 0 Å². The first-order valence-corrected chi connectivity index (χ1v) is 4.61. The van der Waals surface area contributed by atoms with Crippen molar-refractivity contribution in [3.63, 3.8) is 0 Å². The molecule has 0 aromatic rings. The lowest BCUT2D eigenvalue weighted by atomic mass is 10.4. The zero-order chi connectivity index (χ0) is 9.40. The normalized spacial score (nSPS) is 9.58. The van der Waals surface area contributed by atoms with Crippen LogP contribution in [0, 0.1) is 0 Å². The summed E-state index contributed by atoms with van der Waals surface area (Å²) in [5.74, 6) is 0. The van der Waals surface area contributed by atoms with Crippen LogP contribution < -0.4 is 5.32 Å². The van der Waals surface area contributed by atoms with E-state index in [1.54, 1.807) is 7.11 Å². The van der Waals surface area contributed by atoms with Crippen molar-refractivity contribution in [2.24, 2.45) is 0 Å². The molecule has 0 aliphatic heterocycles. The smallest absolute Gasteiger partial charge is 0.168 e. The molecule has 0 fully saturated rings. The molecule has 3 nitrogen and oxygen atoms in total. The largest absolute Gasteiger partial charge is 0.385 e. The number of hydrogen-bond acceptors (Lipinski definition) is 2. The van der Waals surface area contributed by atoms with Gasteiger partial charge in [-0.25, -0.2) is 0 Å². The van der Waals surface area contributed by atoms with E-state index in [9.17, 15) is 0 Å². The third kappa shape index (κ3) is 5.32. The number of rotatable bonds is 5. The van der Waals surface area contributed by atoms with Crippen LogP contribution in [0.15, 0.2) is 0 Å². The first-order valence-electron chi connectivity index (χ1n) is 4.20. The second-order valence-electron chi connectivity index (χ2n) is 2.59. The van der Waals surface area contributed by atoms with Gasteiger partial charge in [0.2, 0.25) is 0 Å².